The van der Waals surface area contributed by atoms with E-state index in [1.54, 1.807) is 0 Å². The number of halogens is 1. The summed E-state index contributed by atoms with van der Waals surface area (Å²) in [6.45, 7) is 8.48. The lowest BCUT2D eigenvalue weighted by Gasteiger charge is -2.21. The third-order valence-corrected chi connectivity index (χ3v) is 3.56. The van der Waals surface area contributed by atoms with Crippen molar-refractivity contribution in [2.45, 2.75) is 33.2 Å². The van der Waals surface area contributed by atoms with Crippen LogP contribution in [0.1, 0.15) is 25.8 Å². The molecular weight excluding hydrogens is 246 g/mol. The topological polar surface area (TPSA) is 41.3 Å². The normalized spacial score (nSPS) is 11.3. The summed E-state index contributed by atoms with van der Waals surface area (Å²) >= 11 is 6.02. The molecule has 0 radical (unpaired) electrons. The summed E-state index contributed by atoms with van der Waals surface area (Å²) < 4.78 is 0. The number of aryl methyl sites for hydroxylation is 1. The second-order valence-electron chi connectivity index (χ2n) is 5.04. The number of nitrogens with zero attached hydrogens (tertiary/aromatic N) is 1. The van der Waals surface area contributed by atoms with Crippen molar-refractivity contribution in [2.75, 3.05) is 31.2 Å². The molecule has 1 rings (SSSR count). The fourth-order valence-corrected chi connectivity index (χ4v) is 1.87. The van der Waals surface area contributed by atoms with Crippen LogP contribution in [0.5, 0.6) is 0 Å². The molecule has 0 saturated carbocycles. The first kappa shape index (κ1) is 15.1. The second kappa shape index (κ2) is 6.86. The average Bonchev–Trinajstić information content (AvgIpc) is 2.30. The fraction of sp³-hybridized carbons (Fsp3) is 0.571. The Kier molecular flexibility index (Phi) is 5.76. The van der Waals surface area contributed by atoms with Gasteiger partial charge in [0.05, 0.1) is 10.7 Å². The van der Waals surface area contributed by atoms with Crippen molar-refractivity contribution in [3.63, 3.8) is 0 Å². The maximum absolute atomic E-state index is 6.02. The largest absolute Gasteiger partial charge is 0.398 e. The van der Waals surface area contributed by atoms with Crippen molar-refractivity contribution in [1.29, 1.82) is 0 Å². The van der Waals surface area contributed by atoms with E-state index in [-0.39, 0.29) is 0 Å². The minimum Gasteiger partial charge on any atom is -0.398 e. The first-order valence-electron chi connectivity index (χ1n) is 6.41. The SMILES string of the molecule is Cc1cc(N)c(Cl)cc1NCCCN(C)C(C)C. The summed E-state index contributed by atoms with van der Waals surface area (Å²) in [5.74, 6) is 0. The van der Waals surface area contributed by atoms with Crippen molar-refractivity contribution in [3.05, 3.63) is 22.7 Å². The highest BCUT2D eigenvalue weighted by Gasteiger charge is 2.04. The summed E-state index contributed by atoms with van der Waals surface area (Å²) in [7, 11) is 2.15. The Balaban J connectivity index is 2.42. The number of nitrogens with two attached hydrogens (primary N) is 1. The van der Waals surface area contributed by atoms with E-state index < -0.39 is 0 Å². The summed E-state index contributed by atoms with van der Waals surface area (Å²) in [5, 5.41) is 4.02. The van der Waals surface area contributed by atoms with E-state index in [4.69, 9.17) is 17.3 Å². The van der Waals surface area contributed by atoms with E-state index >= 15 is 0 Å². The quantitative estimate of drug-likeness (QED) is 0.615. The minimum absolute atomic E-state index is 0.595. The Bertz CT molecular complexity index is 391. The molecule has 18 heavy (non-hydrogen) atoms. The molecule has 3 nitrogen and oxygen atoms in total. The van der Waals surface area contributed by atoms with Gasteiger partial charge in [0.15, 0.2) is 0 Å². The molecule has 0 amide bonds. The van der Waals surface area contributed by atoms with E-state index in [0.29, 0.717) is 16.8 Å². The third-order valence-electron chi connectivity index (χ3n) is 3.23. The van der Waals surface area contributed by atoms with E-state index in [1.165, 1.54) is 0 Å². The monoisotopic (exact) mass is 269 g/mol. The molecule has 0 bridgehead atoms. The maximum atomic E-state index is 6.02. The summed E-state index contributed by atoms with van der Waals surface area (Å²) in [6.07, 6.45) is 1.11. The van der Waals surface area contributed by atoms with Crippen LogP contribution in [0, 0.1) is 6.92 Å². The van der Waals surface area contributed by atoms with Gasteiger partial charge in [0, 0.05) is 18.3 Å². The summed E-state index contributed by atoms with van der Waals surface area (Å²) in [4.78, 5) is 2.34. The molecule has 0 aliphatic carbocycles. The Morgan fingerprint density at radius 3 is 2.67 bits per heavy atom. The molecule has 0 unspecified atom stereocenters. The zero-order valence-corrected chi connectivity index (χ0v) is 12.5. The first-order valence-corrected chi connectivity index (χ1v) is 6.79. The van der Waals surface area contributed by atoms with Gasteiger partial charge in [0.2, 0.25) is 0 Å². The molecule has 0 saturated heterocycles. The van der Waals surface area contributed by atoms with Crippen LogP contribution in [0.2, 0.25) is 5.02 Å². The molecule has 1 aromatic rings. The van der Waals surface area contributed by atoms with Crippen LogP contribution in [-0.2, 0) is 0 Å². The van der Waals surface area contributed by atoms with Gasteiger partial charge >= 0.3 is 0 Å². The van der Waals surface area contributed by atoms with Crippen LogP contribution in [0.4, 0.5) is 11.4 Å². The number of hydrogen-bond acceptors (Lipinski definition) is 3. The molecule has 0 atom stereocenters. The predicted molar refractivity (Wildman–Crippen MR) is 81.5 cm³/mol. The van der Waals surface area contributed by atoms with Gasteiger partial charge in [-0.2, -0.15) is 0 Å². The van der Waals surface area contributed by atoms with Crippen LogP contribution in [0.25, 0.3) is 0 Å². The van der Waals surface area contributed by atoms with Crippen LogP contribution < -0.4 is 11.1 Å². The molecule has 0 fully saturated rings. The number of rotatable bonds is 6. The first-order chi connectivity index (χ1) is 8.41. The molecular formula is C14H24ClN3. The van der Waals surface area contributed by atoms with Gasteiger partial charge in [-0.15, -0.1) is 0 Å². The fourth-order valence-electron chi connectivity index (χ4n) is 1.70. The lowest BCUT2D eigenvalue weighted by Crippen LogP contribution is -2.28. The van der Waals surface area contributed by atoms with E-state index in [1.807, 2.05) is 19.1 Å². The van der Waals surface area contributed by atoms with E-state index in [9.17, 15) is 0 Å². The Morgan fingerprint density at radius 2 is 2.06 bits per heavy atom. The number of nitrogens with one attached hydrogen (secondary N) is 1. The van der Waals surface area contributed by atoms with Crippen molar-refractivity contribution in [3.8, 4) is 0 Å². The highest BCUT2D eigenvalue weighted by molar-refractivity contribution is 6.33. The molecule has 0 aromatic heterocycles. The maximum Gasteiger partial charge on any atom is 0.0656 e. The molecule has 3 N–H and O–H groups in total. The van der Waals surface area contributed by atoms with Crippen LogP contribution in [0.3, 0.4) is 0 Å². The highest BCUT2D eigenvalue weighted by Crippen LogP contribution is 2.26. The van der Waals surface area contributed by atoms with E-state index in [2.05, 4.69) is 31.1 Å². The van der Waals surface area contributed by atoms with Crippen molar-refractivity contribution in [2.24, 2.45) is 0 Å². The Morgan fingerprint density at radius 1 is 1.39 bits per heavy atom. The summed E-state index contributed by atoms with van der Waals surface area (Å²) in [6, 6.07) is 4.40. The Hall–Kier alpha value is -0.930. The number of benzene rings is 1. The lowest BCUT2D eigenvalue weighted by molar-refractivity contribution is 0.273. The number of anilines is 2. The van der Waals surface area contributed by atoms with Gasteiger partial charge in [0.25, 0.3) is 0 Å². The van der Waals surface area contributed by atoms with Gasteiger partial charge in [0.1, 0.15) is 0 Å². The molecule has 1 aromatic carbocycles. The predicted octanol–water partition coefficient (Wildman–Crippen LogP) is 3.37. The van der Waals surface area contributed by atoms with Crippen LogP contribution in [-0.4, -0.2) is 31.1 Å². The second-order valence-corrected chi connectivity index (χ2v) is 5.45. The van der Waals surface area contributed by atoms with Gasteiger partial charge in [-0.3, -0.25) is 0 Å². The van der Waals surface area contributed by atoms with Gasteiger partial charge in [-0.25, -0.2) is 0 Å². The average molecular weight is 270 g/mol. The third kappa shape index (κ3) is 4.39. The van der Waals surface area contributed by atoms with Crippen molar-refractivity contribution < 1.29 is 0 Å². The smallest absolute Gasteiger partial charge is 0.0656 e. The molecule has 4 heteroatoms. The standard InChI is InChI=1S/C14H24ClN3/c1-10(2)18(4)7-5-6-17-14-9-12(15)13(16)8-11(14)3/h8-10,17H,5-7,16H2,1-4H3. The highest BCUT2D eigenvalue weighted by atomic mass is 35.5. The van der Waals surface area contributed by atoms with E-state index in [0.717, 1.165) is 30.8 Å². The van der Waals surface area contributed by atoms with Crippen LogP contribution >= 0.6 is 11.6 Å². The lowest BCUT2D eigenvalue weighted by atomic mass is 10.1. The molecule has 0 heterocycles. The van der Waals surface area contributed by atoms with Gasteiger partial charge in [-0.1, -0.05) is 11.6 Å². The van der Waals surface area contributed by atoms with Crippen molar-refractivity contribution >= 4 is 23.0 Å². The number of nitrogen functional groups attached to an aromatic ring is 1. The van der Waals surface area contributed by atoms with Crippen LogP contribution in [0.15, 0.2) is 12.1 Å². The summed E-state index contributed by atoms with van der Waals surface area (Å²) in [5.41, 5.74) is 8.59. The van der Waals surface area contributed by atoms with Gasteiger partial charge < -0.3 is 16.0 Å². The zero-order valence-electron chi connectivity index (χ0n) is 11.8. The molecule has 0 aliphatic heterocycles. The molecule has 0 spiro atoms. The molecule has 0 aliphatic rings. The Labute approximate surface area is 115 Å². The zero-order chi connectivity index (χ0) is 13.7. The van der Waals surface area contributed by atoms with Crippen molar-refractivity contribution in [1.82, 2.24) is 4.90 Å². The number of hydrogen-bond donors (Lipinski definition) is 2. The van der Waals surface area contributed by atoms with Gasteiger partial charge in [-0.05, 0) is 58.5 Å². The minimum atomic E-state index is 0.595. The molecule has 102 valence electrons.